The fraction of sp³-hybridized carbons (Fsp3) is 0.297. The minimum absolute atomic E-state index is 0.00823. The maximum atomic E-state index is 14.0. The molecule has 47 heavy (non-hydrogen) atoms. The lowest BCUT2D eigenvalue weighted by atomic mass is 9.84. The van der Waals surface area contributed by atoms with E-state index in [1.807, 2.05) is 66.7 Å². The lowest BCUT2D eigenvalue weighted by molar-refractivity contribution is -0.118. The van der Waals surface area contributed by atoms with Crippen LogP contribution in [0.1, 0.15) is 52.0 Å². The van der Waals surface area contributed by atoms with E-state index in [1.165, 1.54) is 18.2 Å². The first-order valence-electron chi connectivity index (χ1n) is 15.9. The van der Waals surface area contributed by atoms with Crippen molar-refractivity contribution in [1.82, 2.24) is 25.6 Å². The lowest BCUT2D eigenvalue weighted by Gasteiger charge is -2.30. The standard InChI is InChI=1S/C37H40N6O4/c1-23-18-29-30(19-24(23)2)41-35(40-29)32-22-47-28(20-39-32)15-14-25-16-17-38-21-31(25)42-36(44)34(43-37(45)46-3)33(26-10-6-4-7-11-26)27-12-8-5-9-13-27/h4-13,16-19,21,28,32-34,39H,14-15,20,22H2,1-3H3,(H,40,41)(H,42,44)(H,43,45)/t28-,32+,34?/m1/s1. The third-order valence-electron chi connectivity index (χ3n) is 8.83. The highest BCUT2D eigenvalue weighted by Crippen LogP contribution is 2.30. The molecule has 0 radical (unpaired) electrons. The Balaban J connectivity index is 1.13. The van der Waals surface area contributed by atoms with Crippen LogP contribution in [0.25, 0.3) is 11.0 Å². The number of morpholine rings is 1. The van der Waals surface area contributed by atoms with Crippen molar-refractivity contribution in [3.63, 3.8) is 0 Å². The third-order valence-corrected chi connectivity index (χ3v) is 8.83. The number of rotatable bonds is 10. The number of benzene rings is 3. The molecule has 3 atom stereocenters. The Hall–Kier alpha value is -5.06. The van der Waals surface area contributed by atoms with Crippen LogP contribution in [-0.2, 0) is 20.7 Å². The average molecular weight is 633 g/mol. The molecule has 10 heteroatoms. The molecule has 0 aliphatic carbocycles. The Morgan fingerprint density at radius 2 is 1.70 bits per heavy atom. The number of ether oxygens (including phenoxy) is 2. The molecule has 4 N–H and O–H groups in total. The van der Waals surface area contributed by atoms with Crippen molar-refractivity contribution in [2.75, 3.05) is 25.6 Å². The van der Waals surface area contributed by atoms with Gasteiger partial charge in [0, 0.05) is 18.7 Å². The number of anilines is 1. The van der Waals surface area contributed by atoms with E-state index in [2.05, 4.69) is 51.9 Å². The molecule has 2 aromatic heterocycles. The lowest BCUT2D eigenvalue weighted by Crippen LogP contribution is -2.48. The molecule has 10 nitrogen and oxygen atoms in total. The topological polar surface area (TPSA) is 130 Å². The molecule has 6 rings (SSSR count). The number of hydrogen-bond acceptors (Lipinski definition) is 7. The second-order valence-electron chi connectivity index (χ2n) is 12.0. The number of carbonyl (C=O) groups excluding carboxylic acids is 2. The number of aromatic nitrogens is 3. The fourth-order valence-electron chi connectivity index (χ4n) is 6.10. The molecule has 3 heterocycles. The van der Waals surface area contributed by atoms with Crippen molar-refractivity contribution >= 4 is 28.7 Å². The van der Waals surface area contributed by atoms with Gasteiger partial charge >= 0.3 is 6.09 Å². The molecule has 1 unspecified atom stereocenters. The number of pyridine rings is 1. The van der Waals surface area contributed by atoms with Crippen molar-refractivity contribution in [1.29, 1.82) is 0 Å². The van der Waals surface area contributed by atoms with Crippen molar-refractivity contribution in [2.45, 2.75) is 50.8 Å². The van der Waals surface area contributed by atoms with Gasteiger partial charge in [-0.05, 0) is 72.7 Å². The van der Waals surface area contributed by atoms with Crippen LogP contribution in [0.3, 0.4) is 0 Å². The van der Waals surface area contributed by atoms with Crippen LogP contribution in [0.2, 0.25) is 0 Å². The van der Waals surface area contributed by atoms with Crippen molar-refractivity contribution in [3.05, 3.63) is 125 Å². The number of H-pyrrole nitrogens is 1. The predicted octanol–water partition coefficient (Wildman–Crippen LogP) is 5.73. The van der Waals surface area contributed by atoms with Crippen LogP contribution in [-0.4, -0.2) is 59.4 Å². The SMILES string of the molecule is COC(=O)NC(C(=O)Nc1cnccc1CC[C@@H]1CN[C@H](c2nc3cc(C)c(C)cc3[nH]2)CO1)C(c1ccccc1)c1ccccc1. The average Bonchev–Trinajstić information content (AvgIpc) is 3.51. The number of fused-ring (bicyclic) bond motifs is 1. The van der Waals surface area contributed by atoms with Crippen LogP contribution in [0, 0.1) is 13.8 Å². The number of aryl methyl sites for hydroxylation is 3. The molecule has 0 saturated carbocycles. The van der Waals surface area contributed by atoms with Gasteiger partial charge in [0.2, 0.25) is 5.91 Å². The third kappa shape index (κ3) is 7.51. The highest BCUT2D eigenvalue weighted by atomic mass is 16.5. The van der Waals surface area contributed by atoms with Gasteiger partial charge in [-0.2, -0.15) is 0 Å². The largest absolute Gasteiger partial charge is 0.453 e. The number of nitrogens with one attached hydrogen (secondary N) is 4. The summed E-state index contributed by atoms with van der Waals surface area (Å²) in [5.74, 6) is 0.0325. The maximum Gasteiger partial charge on any atom is 0.407 e. The van der Waals surface area contributed by atoms with Gasteiger partial charge in [0.05, 0.1) is 48.8 Å². The zero-order chi connectivity index (χ0) is 32.8. The van der Waals surface area contributed by atoms with Crippen molar-refractivity contribution in [2.24, 2.45) is 0 Å². The Kier molecular flexibility index (Phi) is 9.89. The minimum atomic E-state index is -0.964. The second kappa shape index (κ2) is 14.6. The van der Waals surface area contributed by atoms with E-state index >= 15 is 0 Å². The van der Waals surface area contributed by atoms with Crippen molar-refractivity contribution in [3.8, 4) is 0 Å². The van der Waals surface area contributed by atoms with E-state index in [0.717, 1.165) is 40.0 Å². The van der Waals surface area contributed by atoms with Gasteiger partial charge in [0.1, 0.15) is 11.9 Å². The molecule has 2 amide bonds. The van der Waals surface area contributed by atoms with Crippen LogP contribution in [0.15, 0.2) is 91.3 Å². The molecule has 5 aromatic rings. The van der Waals surface area contributed by atoms with Gasteiger partial charge in [-0.1, -0.05) is 60.7 Å². The summed E-state index contributed by atoms with van der Waals surface area (Å²) < 4.78 is 11.2. The minimum Gasteiger partial charge on any atom is -0.453 e. The first-order chi connectivity index (χ1) is 22.9. The molecule has 1 saturated heterocycles. The summed E-state index contributed by atoms with van der Waals surface area (Å²) >= 11 is 0. The molecule has 242 valence electrons. The van der Waals surface area contributed by atoms with Gasteiger partial charge in [0.25, 0.3) is 0 Å². The summed E-state index contributed by atoms with van der Waals surface area (Å²) in [6.07, 6.45) is 4.06. The second-order valence-corrected chi connectivity index (χ2v) is 12.0. The Morgan fingerprint density at radius 3 is 2.36 bits per heavy atom. The number of hydrogen-bond donors (Lipinski definition) is 4. The first kappa shape index (κ1) is 31.9. The maximum absolute atomic E-state index is 14.0. The zero-order valence-electron chi connectivity index (χ0n) is 26.8. The zero-order valence-corrected chi connectivity index (χ0v) is 26.8. The quantitative estimate of drug-likeness (QED) is 0.155. The monoisotopic (exact) mass is 632 g/mol. The molecule has 3 aromatic carbocycles. The molecule has 0 bridgehead atoms. The van der Waals surface area contributed by atoms with Gasteiger partial charge in [-0.25, -0.2) is 9.78 Å². The number of nitrogens with zero attached hydrogens (tertiary/aromatic N) is 2. The summed E-state index contributed by atoms with van der Waals surface area (Å²) in [5, 5.41) is 9.43. The van der Waals surface area contributed by atoms with Gasteiger partial charge in [0.15, 0.2) is 0 Å². The summed E-state index contributed by atoms with van der Waals surface area (Å²) in [7, 11) is 1.28. The Labute approximate surface area is 274 Å². The molecule has 1 aliphatic rings. The number of aromatic amines is 1. The van der Waals surface area contributed by atoms with Gasteiger partial charge in [-0.3, -0.25) is 9.78 Å². The summed E-state index contributed by atoms with van der Waals surface area (Å²) in [6, 6.07) is 24.5. The summed E-state index contributed by atoms with van der Waals surface area (Å²) in [6.45, 7) is 5.38. The summed E-state index contributed by atoms with van der Waals surface area (Å²) in [4.78, 5) is 39.1. The smallest absolute Gasteiger partial charge is 0.407 e. The van der Waals surface area contributed by atoms with E-state index in [-0.39, 0.29) is 18.1 Å². The van der Waals surface area contributed by atoms with Crippen LogP contribution in [0.4, 0.5) is 10.5 Å². The van der Waals surface area contributed by atoms with Crippen LogP contribution >= 0.6 is 0 Å². The number of methoxy groups -OCH3 is 1. The van der Waals surface area contributed by atoms with Gasteiger partial charge < -0.3 is 30.4 Å². The highest BCUT2D eigenvalue weighted by molar-refractivity contribution is 5.98. The van der Waals surface area contributed by atoms with E-state index in [4.69, 9.17) is 14.5 Å². The van der Waals surface area contributed by atoms with Gasteiger partial charge in [-0.15, -0.1) is 0 Å². The normalized spacial score (nSPS) is 16.9. The van der Waals surface area contributed by atoms with Crippen molar-refractivity contribution < 1.29 is 19.1 Å². The number of carbonyl (C=O) groups is 2. The van der Waals surface area contributed by atoms with E-state index in [1.54, 1.807) is 12.4 Å². The van der Waals surface area contributed by atoms with E-state index in [0.29, 0.717) is 25.3 Å². The van der Waals surface area contributed by atoms with E-state index < -0.39 is 18.1 Å². The van der Waals surface area contributed by atoms with Crippen LogP contribution in [0.5, 0.6) is 0 Å². The molecule has 1 fully saturated rings. The molecular formula is C37H40N6O4. The van der Waals surface area contributed by atoms with Crippen LogP contribution < -0.4 is 16.0 Å². The molecule has 0 spiro atoms. The first-order valence-corrected chi connectivity index (χ1v) is 15.9. The number of amides is 2. The highest BCUT2D eigenvalue weighted by Gasteiger charge is 2.33. The molecule has 1 aliphatic heterocycles. The predicted molar refractivity (Wildman–Crippen MR) is 181 cm³/mol. The summed E-state index contributed by atoms with van der Waals surface area (Å²) in [5.41, 5.74) is 7.72. The Bertz CT molecular complexity index is 1740. The number of alkyl carbamates (subject to hydrolysis) is 1. The Morgan fingerprint density at radius 1 is 1.00 bits per heavy atom. The number of imidazole rings is 1. The molecular weight excluding hydrogens is 592 g/mol. The van der Waals surface area contributed by atoms with E-state index in [9.17, 15) is 9.59 Å². The fourth-order valence-corrected chi connectivity index (χ4v) is 6.10.